The van der Waals surface area contributed by atoms with E-state index in [9.17, 15) is 0 Å². The lowest BCUT2D eigenvalue weighted by Crippen LogP contribution is -2.00. The van der Waals surface area contributed by atoms with Crippen molar-refractivity contribution in [2.45, 2.75) is 19.8 Å². The number of aryl methyl sites for hydroxylation is 1. The highest BCUT2D eigenvalue weighted by Crippen LogP contribution is 2.15. The summed E-state index contributed by atoms with van der Waals surface area (Å²) in [6.07, 6.45) is 3.87. The fraction of sp³-hybridized carbons (Fsp3) is 0.444. The number of nitrogens with two attached hydrogens (primary N) is 1. The van der Waals surface area contributed by atoms with Crippen molar-refractivity contribution in [3.63, 3.8) is 0 Å². The summed E-state index contributed by atoms with van der Waals surface area (Å²) in [6, 6.07) is 2.00. The topological polar surface area (TPSA) is 38.9 Å². The van der Waals surface area contributed by atoms with Crippen LogP contribution in [0.4, 0.5) is 5.82 Å². The molecule has 0 atom stereocenters. The molecule has 0 aromatic carbocycles. The normalized spacial score (nSPS) is 10.2. The third kappa shape index (κ3) is 2.21. The number of alkyl halides is 1. The van der Waals surface area contributed by atoms with E-state index >= 15 is 0 Å². The van der Waals surface area contributed by atoms with Gasteiger partial charge >= 0.3 is 0 Å². The second kappa shape index (κ2) is 4.45. The number of nitrogens with zero attached hydrogens (tertiary/aromatic N) is 1. The molecule has 1 heterocycles. The summed E-state index contributed by atoms with van der Waals surface area (Å²) in [5.41, 5.74) is 8.17. The van der Waals surface area contributed by atoms with Gasteiger partial charge in [-0.15, -0.1) is 0 Å². The van der Waals surface area contributed by atoms with Gasteiger partial charge in [-0.2, -0.15) is 0 Å². The molecule has 1 rings (SSSR count). The van der Waals surface area contributed by atoms with Crippen molar-refractivity contribution < 1.29 is 0 Å². The van der Waals surface area contributed by atoms with Crippen LogP contribution in [0.3, 0.4) is 0 Å². The minimum Gasteiger partial charge on any atom is -0.383 e. The minimum atomic E-state index is 0.677. The molecule has 3 heteroatoms. The van der Waals surface area contributed by atoms with Crippen LogP contribution >= 0.6 is 15.9 Å². The maximum atomic E-state index is 5.74. The molecule has 2 nitrogen and oxygen atoms in total. The number of hydrogen-bond donors (Lipinski definition) is 1. The summed E-state index contributed by atoms with van der Waals surface area (Å²) in [5, 5.41) is 1.01. The fourth-order valence-electron chi connectivity index (χ4n) is 1.18. The SMILES string of the molecule is Cc1ccnc(N)c1CCCBr. The van der Waals surface area contributed by atoms with Crippen LogP contribution < -0.4 is 5.73 Å². The largest absolute Gasteiger partial charge is 0.383 e. The van der Waals surface area contributed by atoms with Crippen LogP contribution in [-0.4, -0.2) is 10.3 Å². The zero-order valence-electron chi connectivity index (χ0n) is 7.18. The summed E-state index contributed by atoms with van der Waals surface area (Å²) in [4.78, 5) is 4.06. The number of anilines is 1. The van der Waals surface area contributed by atoms with Crippen molar-refractivity contribution in [3.05, 3.63) is 23.4 Å². The van der Waals surface area contributed by atoms with E-state index in [-0.39, 0.29) is 0 Å². The van der Waals surface area contributed by atoms with E-state index in [4.69, 9.17) is 5.73 Å². The Morgan fingerprint density at radius 1 is 1.58 bits per heavy atom. The summed E-state index contributed by atoms with van der Waals surface area (Å²) < 4.78 is 0. The van der Waals surface area contributed by atoms with Gasteiger partial charge in [0.25, 0.3) is 0 Å². The van der Waals surface area contributed by atoms with Crippen LogP contribution in [0.2, 0.25) is 0 Å². The highest BCUT2D eigenvalue weighted by atomic mass is 79.9. The first-order valence-electron chi connectivity index (χ1n) is 4.01. The molecule has 0 aliphatic rings. The molecule has 0 aliphatic carbocycles. The fourth-order valence-corrected chi connectivity index (χ4v) is 1.46. The van der Waals surface area contributed by atoms with Crippen molar-refractivity contribution >= 4 is 21.7 Å². The van der Waals surface area contributed by atoms with Crippen LogP contribution in [0.15, 0.2) is 12.3 Å². The van der Waals surface area contributed by atoms with Crippen molar-refractivity contribution in [3.8, 4) is 0 Å². The lowest BCUT2D eigenvalue weighted by Gasteiger charge is -2.06. The molecule has 12 heavy (non-hydrogen) atoms. The van der Waals surface area contributed by atoms with Gasteiger partial charge in [-0.1, -0.05) is 15.9 Å². The standard InChI is InChI=1S/C9H13BrN2/c1-7-4-6-12-9(11)8(7)3-2-5-10/h4,6H,2-3,5H2,1H3,(H2,11,12). The molecule has 0 amide bonds. The number of hydrogen-bond acceptors (Lipinski definition) is 2. The molecule has 0 saturated heterocycles. The lowest BCUT2D eigenvalue weighted by molar-refractivity contribution is 0.924. The van der Waals surface area contributed by atoms with E-state index in [1.165, 1.54) is 11.1 Å². The summed E-state index contributed by atoms with van der Waals surface area (Å²) in [6.45, 7) is 2.07. The molecule has 0 saturated carbocycles. The molecule has 0 bridgehead atoms. The van der Waals surface area contributed by atoms with E-state index in [1.807, 2.05) is 6.07 Å². The third-order valence-corrected chi connectivity index (χ3v) is 2.44. The zero-order chi connectivity index (χ0) is 8.97. The number of pyridine rings is 1. The van der Waals surface area contributed by atoms with E-state index in [1.54, 1.807) is 6.20 Å². The highest BCUT2D eigenvalue weighted by molar-refractivity contribution is 9.09. The Labute approximate surface area is 81.3 Å². The maximum Gasteiger partial charge on any atom is 0.126 e. The van der Waals surface area contributed by atoms with Gasteiger partial charge in [0.2, 0.25) is 0 Å². The Bertz CT molecular complexity index is 240. The molecule has 1 aromatic rings. The summed E-state index contributed by atoms with van der Waals surface area (Å²) in [5.74, 6) is 0.677. The van der Waals surface area contributed by atoms with Crippen molar-refractivity contribution in [1.82, 2.24) is 4.98 Å². The zero-order valence-corrected chi connectivity index (χ0v) is 8.76. The van der Waals surface area contributed by atoms with E-state index < -0.39 is 0 Å². The molecular formula is C9H13BrN2. The van der Waals surface area contributed by atoms with Gasteiger partial charge in [0.15, 0.2) is 0 Å². The first kappa shape index (κ1) is 9.52. The number of rotatable bonds is 3. The number of halogens is 1. The molecule has 2 N–H and O–H groups in total. The molecule has 0 unspecified atom stereocenters. The number of nitrogen functional groups attached to an aromatic ring is 1. The monoisotopic (exact) mass is 228 g/mol. The predicted octanol–water partition coefficient (Wildman–Crippen LogP) is 2.30. The van der Waals surface area contributed by atoms with Gasteiger partial charge in [0.1, 0.15) is 5.82 Å². The maximum absolute atomic E-state index is 5.74. The van der Waals surface area contributed by atoms with Crippen LogP contribution in [0.5, 0.6) is 0 Å². The van der Waals surface area contributed by atoms with Gasteiger partial charge in [-0.05, 0) is 37.0 Å². The molecule has 0 fully saturated rings. The molecule has 0 aliphatic heterocycles. The quantitative estimate of drug-likeness (QED) is 0.807. The van der Waals surface area contributed by atoms with Crippen molar-refractivity contribution in [2.75, 3.05) is 11.1 Å². The second-order valence-corrected chi connectivity index (χ2v) is 3.58. The molecular weight excluding hydrogens is 216 g/mol. The Kier molecular flexibility index (Phi) is 3.53. The highest BCUT2D eigenvalue weighted by Gasteiger charge is 2.02. The predicted molar refractivity (Wildman–Crippen MR) is 55.5 cm³/mol. The van der Waals surface area contributed by atoms with Crippen molar-refractivity contribution in [1.29, 1.82) is 0 Å². The molecule has 66 valence electrons. The van der Waals surface area contributed by atoms with Crippen LogP contribution in [0.1, 0.15) is 17.5 Å². The van der Waals surface area contributed by atoms with E-state index in [0.717, 1.165) is 18.2 Å². The Hall–Kier alpha value is -0.570. The van der Waals surface area contributed by atoms with Crippen LogP contribution in [-0.2, 0) is 6.42 Å². The average molecular weight is 229 g/mol. The molecule has 1 aromatic heterocycles. The number of aromatic nitrogens is 1. The van der Waals surface area contributed by atoms with Gasteiger partial charge in [-0.25, -0.2) is 4.98 Å². The van der Waals surface area contributed by atoms with Crippen LogP contribution in [0.25, 0.3) is 0 Å². The first-order valence-corrected chi connectivity index (χ1v) is 5.13. The Morgan fingerprint density at radius 2 is 2.33 bits per heavy atom. The Morgan fingerprint density at radius 3 is 2.92 bits per heavy atom. The van der Waals surface area contributed by atoms with E-state index in [0.29, 0.717) is 5.82 Å². The lowest BCUT2D eigenvalue weighted by atomic mass is 10.1. The molecule has 0 radical (unpaired) electrons. The summed E-state index contributed by atoms with van der Waals surface area (Å²) in [7, 11) is 0. The minimum absolute atomic E-state index is 0.677. The van der Waals surface area contributed by atoms with Crippen LogP contribution in [0, 0.1) is 6.92 Å². The summed E-state index contributed by atoms with van der Waals surface area (Å²) >= 11 is 3.39. The second-order valence-electron chi connectivity index (χ2n) is 2.78. The molecule has 0 spiro atoms. The van der Waals surface area contributed by atoms with Gasteiger partial charge in [-0.3, -0.25) is 0 Å². The van der Waals surface area contributed by atoms with Gasteiger partial charge < -0.3 is 5.73 Å². The van der Waals surface area contributed by atoms with Gasteiger partial charge in [0, 0.05) is 11.5 Å². The smallest absolute Gasteiger partial charge is 0.126 e. The Balaban J connectivity index is 2.81. The van der Waals surface area contributed by atoms with Crippen molar-refractivity contribution in [2.24, 2.45) is 0 Å². The van der Waals surface area contributed by atoms with E-state index in [2.05, 4.69) is 27.8 Å². The first-order chi connectivity index (χ1) is 5.75. The van der Waals surface area contributed by atoms with Gasteiger partial charge in [0.05, 0.1) is 0 Å². The third-order valence-electron chi connectivity index (χ3n) is 1.88. The average Bonchev–Trinajstić information content (AvgIpc) is 2.04.